The van der Waals surface area contributed by atoms with Crippen LogP contribution in [-0.4, -0.2) is 21.9 Å². The second kappa shape index (κ2) is 13.9. The molecular formula is H8GeI4O4. The Morgan fingerprint density at radius 2 is 0.556 bits per heavy atom. The molecule has 0 radical (unpaired) electrons. The van der Waals surface area contributed by atoms with Crippen molar-refractivity contribution < 1.29 is 21.9 Å². The van der Waals surface area contributed by atoms with Crippen LogP contribution in [0.3, 0.4) is 0 Å². The summed E-state index contributed by atoms with van der Waals surface area (Å²) in [7, 11) is 0. The number of halogens is 4. The monoisotopic (exact) mass is 654 g/mol. The first-order valence-corrected chi connectivity index (χ1v) is 26.3. The molecule has 64 valence electrons. The minimum atomic E-state index is -1.12. The molecule has 0 rings (SSSR count). The first-order valence-electron chi connectivity index (χ1n) is 0.756. The van der Waals surface area contributed by atoms with E-state index in [1.165, 1.54) is 0 Å². The van der Waals surface area contributed by atoms with Gasteiger partial charge in [0.15, 0.2) is 0 Å². The molecule has 0 spiro atoms. The standard InChI is InChI=1S/GeI4.4H2O/c2-1(3,4)5;;;;/h;4*1H2. The summed E-state index contributed by atoms with van der Waals surface area (Å²) in [6, 6.07) is 0. The summed E-state index contributed by atoms with van der Waals surface area (Å²) in [5, 5.41) is 0. The fourth-order valence-corrected chi connectivity index (χ4v) is 0. The molecule has 0 bridgehead atoms. The average molecular weight is 652 g/mol. The van der Waals surface area contributed by atoms with Gasteiger partial charge in [0.05, 0.1) is 0 Å². The molecule has 0 amide bonds. The van der Waals surface area contributed by atoms with E-state index in [0.717, 1.165) is 0 Å². The van der Waals surface area contributed by atoms with Gasteiger partial charge in [-0.3, -0.25) is 0 Å². The second-order valence-electron chi connectivity index (χ2n) is 0.429. The molecule has 0 aromatic heterocycles. The minimum absolute atomic E-state index is 0. The Morgan fingerprint density at radius 3 is 0.556 bits per heavy atom. The third-order valence-corrected chi connectivity index (χ3v) is 0. The summed E-state index contributed by atoms with van der Waals surface area (Å²) in [6.07, 6.45) is 0. The fraction of sp³-hybridized carbons (Fsp3) is 0. The van der Waals surface area contributed by atoms with Crippen molar-refractivity contribution >= 4 is 80.9 Å². The third-order valence-electron chi connectivity index (χ3n) is 0. The zero-order chi connectivity index (χ0) is 4.50. The Bertz CT molecular complexity index is 28.0. The van der Waals surface area contributed by atoms with Crippen molar-refractivity contribution in [3.63, 3.8) is 0 Å². The molecule has 0 aromatic rings. The van der Waals surface area contributed by atoms with Crippen molar-refractivity contribution in [1.29, 1.82) is 0 Å². The Labute approximate surface area is 100 Å². The molecule has 0 aliphatic heterocycles. The molecule has 0 atom stereocenters. The van der Waals surface area contributed by atoms with Gasteiger partial charge in [-0.05, 0) is 0 Å². The Hall–Kier alpha value is 3.30. The third kappa shape index (κ3) is 89.7. The summed E-state index contributed by atoms with van der Waals surface area (Å²) >= 11 is 10.1. The van der Waals surface area contributed by atoms with Gasteiger partial charge in [0.25, 0.3) is 0 Å². The fourth-order valence-electron chi connectivity index (χ4n) is 0. The van der Waals surface area contributed by atoms with Gasteiger partial charge in [-0.25, -0.2) is 0 Å². The number of hydrogen-bond donors (Lipinski definition) is 0. The van der Waals surface area contributed by atoms with Crippen LogP contribution in [0.15, 0.2) is 0 Å². The van der Waals surface area contributed by atoms with Crippen LogP contribution >= 0.6 is 80.9 Å². The van der Waals surface area contributed by atoms with Crippen LogP contribution in [0.4, 0.5) is 0 Å². The van der Waals surface area contributed by atoms with Crippen molar-refractivity contribution in [1.82, 2.24) is 0 Å². The SMILES string of the molecule is O.O.O.O.[I][Ge]([I])([I])[I]. The molecule has 0 heterocycles. The van der Waals surface area contributed by atoms with Gasteiger partial charge in [-0.1, -0.05) is 0 Å². The number of rotatable bonds is 0. The predicted molar refractivity (Wildman–Crippen MR) is 76.3 cm³/mol. The summed E-state index contributed by atoms with van der Waals surface area (Å²) in [6.45, 7) is 0. The van der Waals surface area contributed by atoms with Crippen LogP contribution in [0, 0.1) is 0 Å². The summed E-state index contributed by atoms with van der Waals surface area (Å²) in [5.41, 5.74) is 0. The van der Waals surface area contributed by atoms with Crippen molar-refractivity contribution in [2.75, 3.05) is 0 Å². The molecule has 0 fully saturated rings. The quantitative estimate of drug-likeness (QED) is 0.256. The van der Waals surface area contributed by atoms with Gasteiger partial charge in [0.1, 0.15) is 0 Å². The molecule has 0 saturated carbocycles. The van der Waals surface area contributed by atoms with Crippen molar-refractivity contribution in [2.45, 2.75) is 0 Å². The summed E-state index contributed by atoms with van der Waals surface area (Å²) < 4.78 is -1.12. The first kappa shape index (κ1) is 29.5. The van der Waals surface area contributed by atoms with Gasteiger partial charge in [0.2, 0.25) is 0 Å². The van der Waals surface area contributed by atoms with E-state index in [4.69, 9.17) is 0 Å². The van der Waals surface area contributed by atoms with E-state index in [1.54, 1.807) is 0 Å². The zero-order valence-electron chi connectivity index (χ0n) is 4.01. The molecule has 9 heteroatoms. The molecule has 0 aliphatic rings. The van der Waals surface area contributed by atoms with E-state index in [1.807, 2.05) is 0 Å². The molecule has 8 N–H and O–H groups in total. The molecule has 0 aromatic carbocycles. The second-order valence-corrected chi connectivity index (χ2v) is 100. The van der Waals surface area contributed by atoms with E-state index >= 15 is 0 Å². The zero-order valence-corrected chi connectivity index (χ0v) is 14.7. The Balaban J connectivity index is -0.0000000133. The van der Waals surface area contributed by atoms with Crippen LogP contribution < -0.4 is 0 Å². The van der Waals surface area contributed by atoms with Gasteiger partial charge >= 0.3 is 80.9 Å². The van der Waals surface area contributed by atoms with Crippen LogP contribution in [0.5, 0.6) is 0 Å². The van der Waals surface area contributed by atoms with Crippen LogP contribution in [0.25, 0.3) is 0 Å². The van der Waals surface area contributed by atoms with Crippen molar-refractivity contribution in [3.8, 4) is 0 Å². The normalized spacial score (nSPS) is 6.67. The molecule has 0 unspecified atom stereocenters. The van der Waals surface area contributed by atoms with Gasteiger partial charge in [-0.15, -0.1) is 0 Å². The Morgan fingerprint density at radius 1 is 0.556 bits per heavy atom. The van der Waals surface area contributed by atoms with E-state index in [-0.39, 0.29) is 21.9 Å². The van der Waals surface area contributed by atoms with Gasteiger partial charge in [-0.2, -0.15) is 0 Å². The van der Waals surface area contributed by atoms with Gasteiger partial charge < -0.3 is 21.9 Å². The van der Waals surface area contributed by atoms with Gasteiger partial charge in [0, 0.05) is 0 Å². The molecule has 0 saturated heterocycles. The molecule has 9 heavy (non-hydrogen) atoms. The maximum atomic E-state index is 2.53. The van der Waals surface area contributed by atoms with E-state index in [0.29, 0.717) is 0 Å². The summed E-state index contributed by atoms with van der Waals surface area (Å²) in [5.74, 6) is 0. The van der Waals surface area contributed by atoms with E-state index < -0.39 is 0.0304 Å². The van der Waals surface area contributed by atoms with Crippen LogP contribution in [0.1, 0.15) is 0 Å². The molecular weight excluding hydrogens is 644 g/mol. The predicted octanol–water partition coefficient (Wildman–Crippen LogP) is -0.137. The van der Waals surface area contributed by atoms with Crippen LogP contribution in [-0.2, 0) is 0 Å². The average Bonchev–Trinajstić information content (AvgIpc) is 0.722. The van der Waals surface area contributed by atoms with Crippen molar-refractivity contribution in [3.05, 3.63) is 0 Å². The maximum absolute atomic E-state index is 2.53. The van der Waals surface area contributed by atoms with Crippen molar-refractivity contribution in [2.24, 2.45) is 0 Å². The molecule has 4 nitrogen and oxygen atoms in total. The summed E-state index contributed by atoms with van der Waals surface area (Å²) in [4.78, 5) is 0. The van der Waals surface area contributed by atoms with Crippen LogP contribution in [0.2, 0.25) is 0 Å². The number of hydrogen-bond acceptors (Lipinski definition) is 0. The topological polar surface area (TPSA) is 126 Å². The first-order chi connectivity index (χ1) is 2.00. The van der Waals surface area contributed by atoms with E-state index in [2.05, 4.69) is 80.9 Å². The Kier molecular flexibility index (Phi) is 45.4. The van der Waals surface area contributed by atoms with E-state index in [9.17, 15) is 0 Å². The molecule has 0 aliphatic carbocycles.